The molecule has 0 bridgehead atoms. The van der Waals surface area contributed by atoms with Crippen LogP contribution in [0.2, 0.25) is 0 Å². The van der Waals surface area contributed by atoms with E-state index >= 15 is 0 Å². The van der Waals surface area contributed by atoms with E-state index in [9.17, 15) is 14.4 Å². The third-order valence-corrected chi connectivity index (χ3v) is 17.4. The highest BCUT2D eigenvalue weighted by atomic mass is 16.6. The Balaban J connectivity index is 4.00. The van der Waals surface area contributed by atoms with Crippen LogP contribution in [0.4, 0.5) is 0 Å². The zero-order valence-corrected chi connectivity index (χ0v) is 54.9. The van der Waals surface area contributed by atoms with Crippen molar-refractivity contribution in [1.82, 2.24) is 0 Å². The van der Waals surface area contributed by atoms with E-state index in [2.05, 4.69) is 20.8 Å². The largest absolute Gasteiger partial charge is 0.462 e. The molecule has 1 atom stereocenters. The molecule has 0 aromatic carbocycles. The van der Waals surface area contributed by atoms with Crippen molar-refractivity contribution < 1.29 is 28.6 Å². The second-order valence-corrected chi connectivity index (χ2v) is 25.6. The average molecular weight is 1130 g/mol. The van der Waals surface area contributed by atoms with E-state index in [0.717, 1.165) is 57.8 Å². The fourth-order valence-corrected chi connectivity index (χ4v) is 11.8. The predicted octanol–water partition coefficient (Wildman–Crippen LogP) is 25.4. The Morgan fingerprint density at radius 1 is 0.200 bits per heavy atom. The van der Waals surface area contributed by atoms with E-state index in [1.807, 2.05) is 0 Å². The minimum Gasteiger partial charge on any atom is -0.462 e. The normalized spacial score (nSPS) is 11.9. The molecule has 0 amide bonds. The third-order valence-electron chi connectivity index (χ3n) is 17.4. The van der Waals surface area contributed by atoms with Crippen molar-refractivity contribution >= 4 is 17.9 Å². The maximum atomic E-state index is 12.9. The molecule has 0 radical (unpaired) electrons. The van der Waals surface area contributed by atoms with Crippen molar-refractivity contribution in [3.05, 3.63) is 0 Å². The van der Waals surface area contributed by atoms with Crippen molar-refractivity contribution in [2.45, 2.75) is 444 Å². The van der Waals surface area contributed by atoms with Crippen LogP contribution in [0.25, 0.3) is 0 Å². The highest BCUT2D eigenvalue weighted by Gasteiger charge is 2.20. The molecule has 6 heteroatoms. The molecule has 0 rings (SSSR count). The molecule has 0 aliphatic rings. The van der Waals surface area contributed by atoms with Gasteiger partial charge >= 0.3 is 17.9 Å². The van der Waals surface area contributed by atoms with Gasteiger partial charge in [-0.05, 0) is 19.3 Å². The van der Waals surface area contributed by atoms with Crippen LogP contribution in [0.5, 0.6) is 0 Å². The van der Waals surface area contributed by atoms with Gasteiger partial charge in [0, 0.05) is 19.3 Å². The first-order chi connectivity index (χ1) is 39.5. The lowest BCUT2D eigenvalue weighted by molar-refractivity contribution is -0.167. The number of hydrogen-bond donors (Lipinski definition) is 0. The molecule has 0 N–H and O–H groups in total. The minimum atomic E-state index is -0.762. The number of esters is 3. The first-order valence-corrected chi connectivity index (χ1v) is 37.0. The van der Waals surface area contributed by atoms with Gasteiger partial charge in [-0.1, -0.05) is 400 Å². The maximum Gasteiger partial charge on any atom is 0.306 e. The van der Waals surface area contributed by atoms with Crippen molar-refractivity contribution in [2.75, 3.05) is 13.2 Å². The van der Waals surface area contributed by atoms with Gasteiger partial charge in [-0.15, -0.1) is 0 Å². The summed E-state index contributed by atoms with van der Waals surface area (Å²) in [5.41, 5.74) is 0. The fourth-order valence-electron chi connectivity index (χ4n) is 11.8. The van der Waals surface area contributed by atoms with Gasteiger partial charge < -0.3 is 14.2 Å². The Kier molecular flexibility index (Phi) is 68.5. The molecule has 0 aliphatic heterocycles. The van der Waals surface area contributed by atoms with Gasteiger partial charge in [-0.2, -0.15) is 0 Å². The average Bonchev–Trinajstić information content (AvgIpc) is 3.46. The highest BCUT2D eigenvalue weighted by Crippen LogP contribution is 2.20. The van der Waals surface area contributed by atoms with E-state index in [-0.39, 0.29) is 31.1 Å². The summed E-state index contributed by atoms with van der Waals surface area (Å²) in [5, 5.41) is 0. The number of unbranched alkanes of at least 4 members (excludes halogenated alkanes) is 59. The molecule has 0 spiro atoms. The van der Waals surface area contributed by atoms with E-state index in [4.69, 9.17) is 14.2 Å². The molecular weight excluding hydrogens is 985 g/mol. The van der Waals surface area contributed by atoms with Crippen LogP contribution in [0.1, 0.15) is 438 Å². The van der Waals surface area contributed by atoms with Crippen LogP contribution >= 0.6 is 0 Å². The SMILES string of the molecule is CCCCCCCCCCCCCCCCCCCCCCCCCCCCCCCCCCC(=O)OCC(COC(=O)CCCCCCCCCCC)OC(=O)CCCCCCCCCCCCCCCCCCCCCCC. The molecule has 0 aliphatic carbocycles. The van der Waals surface area contributed by atoms with Gasteiger partial charge in [0.15, 0.2) is 6.10 Å². The molecule has 0 saturated carbocycles. The van der Waals surface area contributed by atoms with E-state index in [0.29, 0.717) is 19.3 Å². The minimum absolute atomic E-state index is 0.0607. The third kappa shape index (κ3) is 67.2. The van der Waals surface area contributed by atoms with Crippen LogP contribution in [0.3, 0.4) is 0 Å². The molecule has 80 heavy (non-hydrogen) atoms. The predicted molar refractivity (Wildman–Crippen MR) is 349 cm³/mol. The Labute approximate surface area is 501 Å². The summed E-state index contributed by atoms with van der Waals surface area (Å²) in [7, 11) is 0. The fraction of sp³-hybridized carbons (Fsp3) is 0.959. The van der Waals surface area contributed by atoms with Crippen LogP contribution in [-0.2, 0) is 28.6 Å². The van der Waals surface area contributed by atoms with E-state index < -0.39 is 6.10 Å². The number of carbonyl (C=O) groups excluding carboxylic acids is 3. The first-order valence-electron chi connectivity index (χ1n) is 37.0. The lowest BCUT2D eigenvalue weighted by Crippen LogP contribution is -2.30. The second-order valence-electron chi connectivity index (χ2n) is 25.6. The smallest absolute Gasteiger partial charge is 0.306 e. The highest BCUT2D eigenvalue weighted by molar-refractivity contribution is 5.71. The quantitative estimate of drug-likeness (QED) is 0.0343. The van der Waals surface area contributed by atoms with Crippen LogP contribution in [-0.4, -0.2) is 37.2 Å². The zero-order chi connectivity index (χ0) is 57.8. The second kappa shape index (κ2) is 69.9. The standard InChI is InChI=1S/C74H144O6/c1-4-7-10-13-16-19-21-23-25-27-29-31-32-33-34-35-36-37-38-39-40-41-43-44-46-48-50-52-55-58-61-64-67-73(76)79-70-71(69-78-72(75)66-63-60-57-54-18-15-12-9-6-3)80-74(77)68-65-62-59-56-53-51-49-47-45-42-30-28-26-24-22-20-17-14-11-8-5-2/h71H,4-70H2,1-3H3. The summed E-state index contributed by atoms with van der Waals surface area (Å²) < 4.78 is 17.0. The molecule has 0 aromatic heterocycles. The van der Waals surface area contributed by atoms with Gasteiger partial charge in [0.2, 0.25) is 0 Å². The van der Waals surface area contributed by atoms with Gasteiger partial charge in [0.05, 0.1) is 0 Å². The monoisotopic (exact) mass is 1130 g/mol. The van der Waals surface area contributed by atoms with E-state index in [1.165, 1.54) is 340 Å². The molecule has 0 aromatic rings. The number of rotatable bonds is 70. The van der Waals surface area contributed by atoms with Crippen molar-refractivity contribution in [3.8, 4) is 0 Å². The first kappa shape index (κ1) is 78.4. The molecule has 476 valence electrons. The zero-order valence-electron chi connectivity index (χ0n) is 54.9. The summed E-state index contributed by atoms with van der Waals surface area (Å²) >= 11 is 0. The van der Waals surface area contributed by atoms with Crippen molar-refractivity contribution in [2.24, 2.45) is 0 Å². The van der Waals surface area contributed by atoms with Gasteiger partial charge in [-0.25, -0.2) is 0 Å². The molecule has 1 unspecified atom stereocenters. The molecule has 0 saturated heterocycles. The van der Waals surface area contributed by atoms with Crippen molar-refractivity contribution in [3.63, 3.8) is 0 Å². The Morgan fingerprint density at radius 3 is 0.500 bits per heavy atom. The Morgan fingerprint density at radius 2 is 0.338 bits per heavy atom. The van der Waals surface area contributed by atoms with Gasteiger partial charge in [-0.3, -0.25) is 14.4 Å². The molecular formula is C74H144O6. The Hall–Kier alpha value is -1.59. The van der Waals surface area contributed by atoms with Crippen LogP contribution in [0.15, 0.2) is 0 Å². The summed E-state index contributed by atoms with van der Waals surface area (Å²) in [6.07, 6.45) is 83.2. The van der Waals surface area contributed by atoms with E-state index in [1.54, 1.807) is 0 Å². The Bertz CT molecular complexity index is 1200. The topological polar surface area (TPSA) is 78.9 Å². The summed E-state index contributed by atoms with van der Waals surface area (Å²) in [6, 6.07) is 0. The lowest BCUT2D eigenvalue weighted by Gasteiger charge is -2.18. The molecule has 0 heterocycles. The van der Waals surface area contributed by atoms with Crippen molar-refractivity contribution in [1.29, 1.82) is 0 Å². The summed E-state index contributed by atoms with van der Waals surface area (Å²) in [6.45, 7) is 6.72. The number of hydrogen-bond acceptors (Lipinski definition) is 6. The van der Waals surface area contributed by atoms with Gasteiger partial charge in [0.1, 0.15) is 13.2 Å². The molecule has 6 nitrogen and oxygen atoms in total. The lowest BCUT2D eigenvalue weighted by atomic mass is 10.0. The number of ether oxygens (including phenoxy) is 3. The molecule has 0 fully saturated rings. The maximum absolute atomic E-state index is 12.9. The van der Waals surface area contributed by atoms with Crippen LogP contribution < -0.4 is 0 Å². The van der Waals surface area contributed by atoms with Crippen LogP contribution in [0, 0.1) is 0 Å². The number of carbonyl (C=O) groups is 3. The summed E-state index contributed by atoms with van der Waals surface area (Å²) in [5.74, 6) is -0.826. The summed E-state index contributed by atoms with van der Waals surface area (Å²) in [4.78, 5) is 38.3. The van der Waals surface area contributed by atoms with Gasteiger partial charge in [0.25, 0.3) is 0 Å².